The SMILES string of the molecule is Cc1ccccc1N1CC(c2cc(=O)n3[nH]cc(C(N)=O)c3n2)CC1=O. The van der Waals surface area contributed by atoms with Gasteiger partial charge in [-0.2, -0.15) is 0 Å². The van der Waals surface area contributed by atoms with E-state index in [9.17, 15) is 14.4 Å². The third-order valence-corrected chi connectivity index (χ3v) is 4.73. The van der Waals surface area contributed by atoms with Crippen LogP contribution in [0.3, 0.4) is 0 Å². The van der Waals surface area contributed by atoms with Crippen molar-refractivity contribution in [3.05, 3.63) is 63.7 Å². The highest BCUT2D eigenvalue weighted by atomic mass is 16.2. The van der Waals surface area contributed by atoms with Gasteiger partial charge in [0, 0.05) is 36.8 Å². The number of rotatable bonds is 3. The van der Waals surface area contributed by atoms with Crippen LogP contribution >= 0.6 is 0 Å². The predicted molar refractivity (Wildman–Crippen MR) is 95.2 cm³/mol. The molecule has 3 N–H and O–H groups in total. The molecular weight excluding hydrogens is 334 g/mol. The van der Waals surface area contributed by atoms with Gasteiger partial charge in [0.05, 0.1) is 5.69 Å². The van der Waals surface area contributed by atoms with Gasteiger partial charge in [-0.25, -0.2) is 9.50 Å². The second-order valence-corrected chi connectivity index (χ2v) is 6.42. The number of carbonyl (C=O) groups excluding carboxylic acids is 2. The zero-order valence-corrected chi connectivity index (χ0v) is 14.1. The first-order valence-electron chi connectivity index (χ1n) is 8.22. The van der Waals surface area contributed by atoms with E-state index in [1.165, 1.54) is 16.8 Å². The molecule has 1 atom stereocenters. The van der Waals surface area contributed by atoms with Crippen LogP contribution in [0.15, 0.2) is 41.3 Å². The number of carbonyl (C=O) groups is 2. The number of aryl methyl sites for hydroxylation is 1. The van der Waals surface area contributed by atoms with Crippen LogP contribution in [-0.2, 0) is 4.79 Å². The Hall–Kier alpha value is -3.42. The largest absolute Gasteiger partial charge is 0.365 e. The van der Waals surface area contributed by atoms with Crippen LogP contribution in [0.5, 0.6) is 0 Å². The molecule has 1 unspecified atom stereocenters. The number of anilines is 1. The highest BCUT2D eigenvalue weighted by molar-refractivity contribution is 5.99. The van der Waals surface area contributed by atoms with Gasteiger partial charge in [0.15, 0.2) is 5.65 Å². The molecule has 8 nitrogen and oxygen atoms in total. The summed E-state index contributed by atoms with van der Waals surface area (Å²) in [5, 5.41) is 2.67. The summed E-state index contributed by atoms with van der Waals surface area (Å²) in [5.74, 6) is -0.914. The molecule has 3 aromatic rings. The van der Waals surface area contributed by atoms with Gasteiger partial charge in [0.2, 0.25) is 5.91 Å². The van der Waals surface area contributed by atoms with E-state index in [1.807, 2.05) is 31.2 Å². The van der Waals surface area contributed by atoms with E-state index >= 15 is 0 Å². The maximum atomic E-state index is 12.5. The van der Waals surface area contributed by atoms with Gasteiger partial charge in [-0.3, -0.25) is 19.5 Å². The number of fused-ring (bicyclic) bond motifs is 1. The zero-order valence-electron chi connectivity index (χ0n) is 14.1. The number of hydrogen-bond donors (Lipinski definition) is 2. The standard InChI is InChI=1S/C18H17N5O3/c1-10-4-2-3-5-14(10)22-9-11(6-15(22)24)13-7-16(25)23-18(21-13)12(8-20-23)17(19)26/h2-5,7-8,11,20H,6,9H2,1H3,(H2,19,26). The fourth-order valence-corrected chi connectivity index (χ4v) is 3.39. The van der Waals surface area contributed by atoms with Gasteiger partial charge in [0.25, 0.3) is 11.5 Å². The van der Waals surface area contributed by atoms with Crippen molar-refractivity contribution in [3.63, 3.8) is 0 Å². The molecule has 132 valence electrons. The summed E-state index contributed by atoms with van der Waals surface area (Å²) < 4.78 is 1.17. The summed E-state index contributed by atoms with van der Waals surface area (Å²) in [7, 11) is 0. The quantitative estimate of drug-likeness (QED) is 0.731. The Morgan fingerprint density at radius 3 is 2.81 bits per heavy atom. The summed E-state index contributed by atoms with van der Waals surface area (Å²) in [6, 6.07) is 9.06. The Kier molecular flexibility index (Phi) is 3.61. The average Bonchev–Trinajstić information content (AvgIpc) is 3.19. The maximum Gasteiger partial charge on any atom is 0.272 e. The normalized spacial score (nSPS) is 17.2. The second-order valence-electron chi connectivity index (χ2n) is 6.42. The molecule has 1 aliphatic rings. The van der Waals surface area contributed by atoms with Crippen molar-refractivity contribution in [2.75, 3.05) is 11.4 Å². The first-order chi connectivity index (χ1) is 12.5. The average molecular weight is 351 g/mol. The number of para-hydroxylation sites is 1. The Bertz CT molecular complexity index is 1100. The minimum atomic E-state index is -0.670. The fraction of sp³-hybridized carbons (Fsp3) is 0.222. The monoisotopic (exact) mass is 351 g/mol. The number of primary amides is 1. The molecule has 0 saturated carbocycles. The molecule has 1 aromatic carbocycles. The second kappa shape index (κ2) is 5.83. The molecular formula is C18H17N5O3. The minimum absolute atomic E-state index is 0.0181. The molecule has 0 radical (unpaired) electrons. The van der Waals surface area contributed by atoms with Crippen molar-refractivity contribution in [2.45, 2.75) is 19.3 Å². The van der Waals surface area contributed by atoms with Crippen molar-refractivity contribution in [1.29, 1.82) is 0 Å². The fourth-order valence-electron chi connectivity index (χ4n) is 3.39. The summed E-state index contributed by atoms with van der Waals surface area (Å²) in [4.78, 5) is 42.5. The van der Waals surface area contributed by atoms with E-state index in [2.05, 4.69) is 10.1 Å². The third kappa shape index (κ3) is 2.46. The molecule has 2 aromatic heterocycles. The van der Waals surface area contributed by atoms with Crippen molar-refractivity contribution in [2.24, 2.45) is 5.73 Å². The summed E-state index contributed by atoms with van der Waals surface area (Å²) in [6.07, 6.45) is 1.61. The van der Waals surface area contributed by atoms with Crippen molar-refractivity contribution in [1.82, 2.24) is 14.6 Å². The van der Waals surface area contributed by atoms with Gasteiger partial charge < -0.3 is 10.6 Å². The van der Waals surface area contributed by atoms with Crippen LogP contribution in [0.2, 0.25) is 0 Å². The smallest absolute Gasteiger partial charge is 0.272 e. The van der Waals surface area contributed by atoms with Gasteiger partial charge >= 0.3 is 0 Å². The predicted octanol–water partition coefficient (Wildman–Crippen LogP) is 0.950. The van der Waals surface area contributed by atoms with E-state index in [0.29, 0.717) is 12.2 Å². The molecule has 0 aliphatic carbocycles. The molecule has 26 heavy (non-hydrogen) atoms. The molecule has 8 heteroatoms. The molecule has 3 heterocycles. The highest BCUT2D eigenvalue weighted by Gasteiger charge is 2.33. The number of amides is 2. The lowest BCUT2D eigenvalue weighted by molar-refractivity contribution is -0.117. The van der Waals surface area contributed by atoms with E-state index in [-0.39, 0.29) is 35.0 Å². The van der Waals surface area contributed by atoms with Gasteiger partial charge in [0.1, 0.15) is 5.56 Å². The summed E-state index contributed by atoms with van der Waals surface area (Å²) >= 11 is 0. The van der Waals surface area contributed by atoms with Gasteiger partial charge in [-0.1, -0.05) is 18.2 Å². The van der Waals surface area contributed by atoms with E-state index in [4.69, 9.17) is 5.73 Å². The molecule has 1 fully saturated rings. The highest BCUT2D eigenvalue weighted by Crippen LogP contribution is 2.32. The number of aromatic amines is 1. The number of aromatic nitrogens is 3. The van der Waals surface area contributed by atoms with Crippen molar-refractivity contribution in [3.8, 4) is 0 Å². The number of H-pyrrole nitrogens is 1. The molecule has 1 saturated heterocycles. The molecule has 4 rings (SSSR count). The number of nitrogens with two attached hydrogens (primary N) is 1. The van der Waals surface area contributed by atoms with Gasteiger partial charge in [-0.05, 0) is 18.6 Å². The van der Waals surface area contributed by atoms with Crippen LogP contribution in [0.4, 0.5) is 5.69 Å². The topological polar surface area (TPSA) is 114 Å². The van der Waals surface area contributed by atoms with Crippen molar-refractivity contribution < 1.29 is 9.59 Å². The Labute approximate surface area is 148 Å². The maximum absolute atomic E-state index is 12.5. The molecule has 0 spiro atoms. The van der Waals surface area contributed by atoms with E-state index in [0.717, 1.165) is 11.3 Å². The first-order valence-corrected chi connectivity index (χ1v) is 8.22. The van der Waals surface area contributed by atoms with Crippen LogP contribution in [0, 0.1) is 6.92 Å². The van der Waals surface area contributed by atoms with E-state index < -0.39 is 5.91 Å². The Balaban J connectivity index is 1.74. The van der Waals surface area contributed by atoms with E-state index in [1.54, 1.807) is 4.90 Å². The summed E-state index contributed by atoms with van der Waals surface area (Å²) in [6.45, 7) is 2.38. The molecule has 0 bridgehead atoms. The lowest BCUT2D eigenvalue weighted by Gasteiger charge is -2.19. The third-order valence-electron chi connectivity index (χ3n) is 4.73. The number of nitrogens with one attached hydrogen (secondary N) is 1. The van der Waals surface area contributed by atoms with Crippen LogP contribution in [0.1, 0.15) is 34.0 Å². The Morgan fingerprint density at radius 1 is 1.31 bits per heavy atom. The Morgan fingerprint density at radius 2 is 2.08 bits per heavy atom. The van der Waals surface area contributed by atoms with Crippen LogP contribution < -0.4 is 16.2 Å². The van der Waals surface area contributed by atoms with Gasteiger partial charge in [-0.15, -0.1) is 0 Å². The molecule has 2 amide bonds. The van der Waals surface area contributed by atoms with Crippen molar-refractivity contribution >= 4 is 23.1 Å². The lowest BCUT2D eigenvalue weighted by atomic mass is 10.0. The lowest BCUT2D eigenvalue weighted by Crippen LogP contribution is -2.25. The van der Waals surface area contributed by atoms with Crippen LogP contribution in [-0.4, -0.2) is 33.0 Å². The first kappa shape index (κ1) is 16.1. The summed E-state index contributed by atoms with van der Waals surface area (Å²) in [5.41, 5.74) is 7.67. The zero-order chi connectivity index (χ0) is 18.4. The van der Waals surface area contributed by atoms with Crippen LogP contribution in [0.25, 0.3) is 5.65 Å². The minimum Gasteiger partial charge on any atom is -0.365 e. The number of nitrogens with zero attached hydrogens (tertiary/aromatic N) is 3. The molecule has 1 aliphatic heterocycles. The number of hydrogen-bond acceptors (Lipinski definition) is 4. The number of benzene rings is 1.